The molecule has 1 unspecified atom stereocenters. The zero-order chi connectivity index (χ0) is 17.2. The van der Waals surface area contributed by atoms with E-state index in [0.717, 1.165) is 24.8 Å². The molecule has 1 aliphatic heterocycles. The van der Waals surface area contributed by atoms with Crippen LogP contribution in [0.4, 0.5) is 0 Å². The van der Waals surface area contributed by atoms with Gasteiger partial charge in [0.2, 0.25) is 10.0 Å². The maximum atomic E-state index is 12.9. The van der Waals surface area contributed by atoms with E-state index in [2.05, 4.69) is 0 Å². The lowest BCUT2D eigenvalue weighted by Gasteiger charge is -2.32. The maximum Gasteiger partial charge on any atom is 0.253 e. The van der Waals surface area contributed by atoms with Crippen molar-refractivity contribution in [3.8, 4) is 0 Å². The SMILES string of the molecule is CCN(C)C(=O)c1cc(S(=O)(=O)N2CCCCC2C)ccc1C. The first kappa shape index (κ1) is 17.9. The normalized spacial score (nSPS) is 19.6. The minimum absolute atomic E-state index is 0.00696. The summed E-state index contributed by atoms with van der Waals surface area (Å²) in [6, 6.07) is 4.86. The molecule has 1 amide bonds. The third-order valence-corrected chi connectivity index (χ3v) is 6.62. The average Bonchev–Trinajstić information content (AvgIpc) is 2.53. The maximum absolute atomic E-state index is 12.9. The Kier molecular flexibility index (Phi) is 5.47. The third kappa shape index (κ3) is 3.58. The minimum atomic E-state index is -3.55. The Morgan fingerprint density at radius 3 is 2.65 bits per heavy atom. The highest BCUT2D eigenvalue weighted by atomic mass is 32.2. The molecule has 128 valence electrons. The minimum Gasteiger partial charge on any atom is -0.342 e. The van der Waals surface area contributed by atoms with Crippen molar-refractivity contribution in [1.29, 1.82) is 0 Å². The Morgan fingerprint density at radius 2 is 2.04 bits per heavy atom. The number of carbonyl (C=O) groups excluding carboxylic acids is 1. The first-order valence-corrected chi connectivity index (χ1v) is 9.61. The molecule has 5 nitrogen and oxygen atoms in total. The van der Waals surface area contributed by atoms with Crippen molar-refractivity contribution in [2.75, 3.05) is 20.1 Å². The summed E-state index contributed by atoms with van der Waals surface area (Å²) in [7, 11) is -1.84. The summed E-state index contributed by atoms with van der Waals surface area (Å²) >= 11 is 0. The first-order valence-electron chi connectivity index (χ1n) is 8.17. The van der Waals surface area contributed by atoms with Crippen LogP contribution in [0.1, 0.15) is 49.0 Å². The molecule has 1 fully saturated rings. The molecule has 0 spiro atoms. The topological polar surface area (TPSA) is 57.7 Å². The van der Waals surface area contributed by atoms with Gasteiger partial charge in [0.25, 0.3) is 5.91 Å². The third-order valence-electron chi connectivity index (χ3n) is 4.61. The number of sulfonamides is 1. The van der Waals surface area contributed by atoms with Crippen molar-refractivity contribution >= 4 is 15.9 Å². The number of hydrogen-bond acceptors (Lipinski definition) is 3. The van der Waals surface area contributed by atoms with Crippen LogP contribution in [0, 0.1) is 6.92 Å². The van der Waals surface area contributed by atoms with E-state index >= 15 is 0 Å². The van der Waals surface area contributed by atoms with E-state index in [1.54, 1.807) is 28.4 Å². The van der Waals surface area contributed by atoms with E-state index < -0.39 is 10.0 Å². The average molecular weight is 338 g/mol. The predicted molar refractivity (Wildman–Crippen MR) is 91.0 cm³/mol. The van der Waals surface area contributed by atoms with Gasteiger partial charge in [0.1, 0.15) is 0 Å². The monoisotopic (exact) mass is 338 g/mol. The van der Waals surface area contributed by atoms with Crippen LogP contribution in [0.2, 0.25) is 0 Å². The first-order chi connectivity index (χ1) is 10.8. The molecular weight excluding hydrogens is 312 g/mol. The van der Waals surface area contributed by atoms with Gasteiger partial charge in [0.15, 0.2) is 0 Å². The zero-order valence-corrected chi connectivity index (χ0v) is 15.2. The fraction of sp³-hybridized carbons (Fsp3) is 0.588. The lowest BCUT2D eigenvalue weighted by atomic mass is 10.1. The fourth-order valence-corrected chi connectivity index (χ4v) is 4.63. The molecule has 1 aliphatic rings. The lowest BCUT2D eigenvalue weighted by Crippen LogP contribution is -2.42. The van der Waals surface area contributed by atoms with Gasteiger partial charge in [-0.2, -0.15) is 4.31 Å². The van der Waals surface area contributed by atoms with Gasteiger partial charge in [-0.1, -0.05) is 12.5 Å². The van der Waals surface area contributed by atoms with Crippen LogP contribution < -0.4 is 0 Å². The van der Waals surface area contributed by atoms with E-state index in [4.69, 9.17) is 0 Å². The summed E-state index contributed by atoms with van der Waals surface area (Å²) < 4.78 is 27.4. The Morgan fingerprint density at radius 1 is 1.35 bits per heavy atom. The smallest absolute Gasteiger partial charge is 0.253 e. The number of piperidine rings is 1. The van der Waals surface area contributed by atoms with E-state index in [1.165, 1.54) is 6.07 Å². The Balaban J connectivity index is 2.42. The van der Waals surface area contributed by atoms with Gasteiger partial charge in [-0.3, -0.25) is 4.79 Å². The standard InChI is InChI=1S/C17H26N2O3S/c1-5-18(4)17(20)16-12-15(10-9-13(16)2)23(21,22)19-11-7-6-8-14(19)3/h9-10,12,14H,5-8,11H2,1-4H3. The summed E-state index contributed by atoms with van der Waals surface area (Å²) in [6.07, 6.45) is 2.83. The number of carbonyl (C=O) groups is 1. The number of aryl methyl sites for hydroxylation is 1. The van der Waals surface area contributed by atoms with Gasteiger partial charge in [0, 0.05) is 31.7 Å². The molecular formula is C17H26N2O3S. The van der Waals surface area contributed by atoms with Crippen LogP contribution in [0.25, 0.3) is 0 Å². The van der Waals surface area contributed by atoms with Crippen molar-refractivity contribution in [2.24, 2.45) is 0 Å². The molecule has 2 rings (SSSR count). The summed E-state index contributed by atoms with van der Waals surface area (Å²) in [4.78, 5) is 14.2. The number of nitrogens with zero attached hydrogens (tertiary/aromatic N) is 2. The highest BCUT2D eigenvalue weighted by molar-refractivity contribution is 7.89. The van der Waals surface area contributed by atoms with E-state index in [0.29, 0.717) is 18.7 Å². The highest BCUT2D eigenvalue weighted by Gasteiger charge is 2.31. The number of amides is 1. The molecule has 23 heavy (non-hydrogen) atoms. The van der Waals surface area contributed by atoms with Crippen LogP contribution >= 0.6 is 0 Å². The van der Waals surface area contributed by atoms with Gasteiger partial charge in [0.05, 0.1) is 4.90 Å². The van der Waals surface area contributed by atoms with Crippen LogP contribution in [-0.4, -0.2) is 49.7 Å². The van der Waals surface area contributed by atoms with Crippen molar-refractivity contribution in [1.82, 2.24) is 9.21 Å². The number of benzene rings is 1. The number of hydrogen-bond donors (Lipinski definition) is 0. The van der Waals surface area contributed by atoms with Gasteiger partial charge in [-0.05, 0) is 51.3 Å². The summed E-state index contributed by atoms with van der Waals surface area (Å²) in [5, 5.41) is 0. The van der Waals surface area contributed by atoms with Crippen molar-refractivity contribution in [2.45, 2.75) is 51.0 Å². The molecule has 0 bridgehead atoms. The number of rotatable bonds is 4. The molecule has 0 saturated carbocycles. The largest absolute Gasteiger partial charge is 0.342 e. The van der Waals surface area contributed by atoms with Gasteiger partial charge >= 0.3 is 0 Å². The summed E-state index contributed by atoms with van der Waals surface area (Å²) in [6.45, 7) is 6.80. The molecule has 1 aromatic carbocycles. The summed E-state index contributed by atoms with van der Waals surface area (Å²) in [5.41, 5.74) is 1.25. The van der Waals surface area contributed by atoms with Crippen LogP contribution in [0.3, 0.4) is 0 Å². The lowest BCUT2D eigenvalue weighted by molar-refractivity contribution is 0.0801. The van der Waals surface area contributed by atoms with Crippen LogP contribution in [-0.2, 0) is 10.0 Å². The molecule has 0 N–H and O–H groups in total. The second-order valence-electron chi connectivity index (χ2n) is 6.26. The molecule has 1 heterocycles. The molecule has 1 saturated heterocycles. The van der Waals surface area contributed by atoms with Crippen molar-refractivity contribution in [3.63, 3.8) is 0 Å². The quantitative estimate of drug-likeness (QED) is 0.848. The second kappa shape index (κ2) is 7.01. The van der Waals surface area contributed by atoms with Crippen LogP contribution in [0.15, 0.2) is 23.1 Å². The van der Waals surface area contributed by atoms with Crippen molar-refractivity contribution in [3.05, 3.63) is 29.3 Å². The predicted octanol–water partition coefficient (Wildman–Crippen LogP) is 2.65. The fourth-order valence-electron chi connectivity index (χ4n) is 2.91. The Hall–Kier alpha value is -1.40. The molecule has 0 aliphatic carbocycles. The van der Waals surface area contributed by atoms with Crippen molar-refractivity contribution < 1.29 is 13.2 Å². The summed E-state index contributed by atoms with van der Waals surface area (Å²) in [5.74, 6) is -0.145. The van der Waals surface area contributed by atoms with E-state index in [9.17, 15) is 13.2 Å². The highest BCUT2D eigenvalue weighted by Crippen LogP contribution is 2.26. The molecule has 0 radical (unpaired) electrons. The van der Waals surface area contributed by atoms with Crippen LogP contribution in [0.5, 0.6) is 0 Å². The Bertz CT molecular complexity index is 685. The Labute approximate surface area is 139 Å². The molecule has 1 atom stereocenters. The van der Waals surface area contributed by atoms with Gasteiger partial charge < -0.3 is 4.90 Å². The molecule has 0 aromatic heterocycles. The van der Waals surface area contributed by atoms with E-state index in [-0.39, 0.29) is 16.8 Å². The van der Waals surface area contributed by atoms with Gasteiger partial charge in [-0.15, -0.1) is 0 Å². The zero-order valence-electron chi connectivity index (χ0n) is 14.4. The molecule has 1 aromatic rings. The molecule has 6 heteroatoms. The second-order valence-corrected chi connectivity index (χ2v) is 8.15. The van der Waals surface area contributed by atoms with E-state index in [1.807, 2.05) is 20.8 Å². The van der Waals surface area contributed by atoms with Gasteiger partial charge in [-0.25, -0.2) is 8.42 Å².